The number of ether oxygens (including phenoxy) is 3. The smallest absolute Gasteiger partial charge is 0.295 e. The van der Waals surface area contributed by atoms with Crippen molar-refractivity contribution in [1.82, 2.24) is 4.90 Å². The van der Waals surface area contributed by atoms with Crippen molar-refractivity contribution in [3.05, 3.63) is 93.5 Å². The van der Waals surface area contributed by atoms with Gasteiger partial charge in [-0.1, -0.05) is 47.5 Å². The molecule has 0 radical (unpaired) electrons. The molecule has 0 saturated carbocycles. The highest BCUT2D eigenvalue weighted by Crippen LogP contribution is 2.41. The quantitative estimate of drug-likeness (QED) is 0.245. The van der Waals surface area contributed by atoms with E-state index >= 15 is 0 Å². The first-order chi connectivity index (χ1) is 17.8. The molecule has 0 bridgehead atoms. The van der Waals surface area contributed by atoms with Crippen LogP contribution < -0.4 is 14.2 Å². The Morgan fingerprint density at radius 2 is 1.70 bits per heavy atom. The number of halogens is 1. The largest absolute Gasteiger partial charge is 0.507 e. The summed E-state index contributed by atoms with van der Waals surface area (Å²) in [4.78, 5) is 28.1. The molecule has 0 spiro atoms. The second-order valence-corrected chi connectivity index (χ2v) is 9.10. The number of ketones is 1. The van der Waals surface area contributed by atoms with Crippen LogP contribution in [0.3, 0.4) is 0 Å². The number of amides is 1. The monoisotopic (exact) mass is 521 g/mol. The molecule has 3 aromatic carbocycles. The van der Waals surface area contributed by atoms with E-state index in [0.717, 1.165) is 11.1 Å². The van der Waals surface area contributed by atoms with Crippen molar-refractivity contribution in [3.63, 3.8) is 0 Å². The molecular formula is C29H28ClNO6. The van der Waals surface area contributed by atoms with Crippen LogP contribution in [0.25, 0.3) is 5.76 Å². The maximum Gasteiger partial charge on any atom is 0.295 e. The first-order valence-electron chi connectivity index (χ1n) is 11.7. The molecule has 1 fully saturated rings. The van der Waals surface area contributed by atoms with Crippen LogP contribution in [0.1, 0.15) is 28.3 Å². The number of carbonyl (C=O) groups is 2. The molecule has 192 valence electrons. The molecule has 0 aliphatic carbocycles. The lowest BCUT2D eigenvalue weighted by atomic mass is 9.94. The molecule has 8 heteroatoms. The molecular weight excluding hydrogens is 494 g/mol. The summed E-state index contributed by atoms with van der Waals surface area (Å²) in [5.41, 5.74) is 2.78. The third kappa shape index (κ3) is 5.13. The van der Waals surface area contributed by atoms with Crippen molar-refractivity contribution < 1.29 is 28.9 Å². The van der Waals surface area contributed by atoms with E-state index < -0.39 is 17.7 Å². The number of likely N-dealkylation sites (tertiary alicyclic amines) is 1. The molecule has 0 aromatic heterocycles. The second kappa shape index (κ2) is 11.0. The summed E-state index contributed by atoms with van der Waals surface area (Å²) in [6.45, 7) is 2.17. The maximum atomic E-state index is 13.3. The minimum atomic E-state index is -0.790. The highest BCUT2D eigenvalue weighted by molar-refractivity contribution is 6.47. The number of aliphatic hydroxyl groups excluding tert-OH is 1. The normalized spacial score (nSPS) is 16.7. The van der Waals surface area contributed by atoms with Crippen LogP contribution in [0.15, 0.2) is 66.2 Å². The van der Waals surface area contributed by atoms with Gasteiger partial charge < -0.3 is 24.2 Å². The number of aliphatic hydroxyl groups is 1. The van der Waals surface area contributed by atoms with Crippen molar-refractivity contribution in [3.8, 4) is 17.2 Å². The summed E-state index contributed by atoms with van der Waals surface area (Å²) in [6, 6.07) is 17.0. The Morgan fingerprint density at radius 1 is 0.946 bits per heavy atom. The highest BCUT2D eigenvalue weighted by atomic mass is 35.5. The summed E-state index contributed by atoms with van der Waals surface area (Å²) < 4.78 is 16.0. The van der Waals surface area contributed by atoms with Gasteiger partial charge in [0.05, 0.1) is 38.0 Å². The van der Waals surface area contributed by atoms with Crippen molar-refractivity contribution in [2.45, 2.75) is 19.4 Å². The van der Waals surface area contributed by atoms with E-state index in [1.807, 2.05) is 43.3 Å². The van der Waals surface area contributed by atoms with Gasteiger partial charge in [-0.2, -0.15) is 0 Å². The fraction of sp³-hybridized carbons (Fsp3) is 0.241. The van der Waals surface area contributed by atoms with E-state index in [0.29, 0.717) is 29.2 Å². The Bertz CT molecular complexity index is 1380. The molecule has 1 atom stereocenters. The van der Waals surface area contributed by atoms with Gasteiger partial charge in [-0.15, -0.1) is 0 Å². The summed E-state index contributed by atoms with van der Waals surface area (Å²) in [5.74, 6) is -0.169. The zero-order valence-corrected chi connectivity index (χ0v) is 21.8. The number of nitrogens with zero attached hydrogens (tertiary/aromatic N) is 1. The topological polar surface area (TPSA) is 85.3 Å². The van der Waals surface area contributed by atoms with Crippen LogP contribution in [0.2, 0.25) is 5.02 Å². The first-order valence-corrected chi connectivity index (χ1v) is 12.1. The van der Waals surface area contributed by atoms with E-state index in [9.17, 15) is 14.7 Å². The van der Waals surface area contributed by atoms with E-state index in [-0.39, 0.29) is 28.5 Å². The lowest BCUT2D eigenvalue weighted by Crippen LogP contribution is -2.31. The molecule has 3 aromatic rings. The van der Waals surface area contributed by atoms with Gasteiger partial charge in [-0.05, 0) is 54.8 Å². The fourth-order valence-corrected chi connectivity index (χ4v) is 4.75. The standard InChI is InChI=1S/C29H28ClNO6/c1-17-6-5-7-19(14-17)26-25(27(32)21-16-20(35-2)9-10-22(21)30)28(33)29(34)31(26)13-12-18-8-11-23(36-3)24(15-18)37-4/h5-11,14-16,26,32H,12-13H2,1-4H3/b27-25+. The number of aryl methyl sites for hydroxylation is 1. The number of methoxy groups -OCH3 is 3. The van der Waals surface area contributed by atoms with Gasteiger partial charge >= 0.3 is 0 Å². The summed E-state index contributed by atoms with van der Waals surface area (Å²) in [7, 11) is 4.61. The van der Waals surface area contributed by atoms with Crippen molar-refractivity contribution in [2.75, 3.05) is 27.9 Å². The van der Waals surface area contributed by atoms with Gasteiger partial charge in [0.25, 0.3) is 11.7 Å². The Balaban J connectivity index is 1.78. The van der Waals surface area contributed by atoms with Crippen LogP contribution in [0, 0.1) is 6.92 Å². The molecule has 1 heterocycles. The Morgan fingerprint density at radius 3 is 2.38 bits per heavy atom. The predicted octanol–water partition coefficient (Wildman–Crippen LogP) is 5.34. The highest BCUT2D eigenvalue weighted by Gasteiger charge is 2.46. The minimum Gasteiger partial charge on any atom is -0.507 e. The Labute approximate surface area is 220 Å². The average molecular weight is 522 g/mol. The first kappa shape index (κ1) is 26.1. The van der Waals surface area contributed by atoms with Gasteiger partial charge in [0.2, 0.25) is 0 Å². The third-order valence-electron chi connectivity index (χ3n) is 6.42. The predicted molar refractivity (Wildman–Crippen MR) is 141 cm³/mol. The lowest BCUT2D eigenvalue weighted by molar-refractivity contribution is -0.139. The minimum absolute atomic E-state index is 0.0157. The summed E-state index contributed by atoms with van der Waals surface area (Å²) >= 11 is 6.38. The Kier molecular flexibility index (Phi) is 7.74. The number of carbonyl (C=O) groups excluding carboxylic acids is 2. The SMILES string of the molecule is COc1ccc(Cl)c(/C(O)=C2\C(=O)C(=O)N(CCc3ccc(OC)c(OC)c3)C2c2cccc(C)c2)c1. The van der Waals surface area contributed by atoms with Crippen LogP contribution >= 0.6 is 11.6 Å². The van der Waals surface area contributed by atoms with Crippen molar-refractivity contribution >= 4 is 29.1 Å². The average Bonchev–Trinajstić information content (AvgIpc) is 3.16. The Hall–Kier alpha value is -3.97. The molecule has 4 rings (SSSR count). The summed E-state index contributed by atoms with van der Waals surface area (Å²) in [6.07, 6.45) is 0.454. The zero-order valence-electron chi connectivity index (χ0n) is 21.1. The van der Waals surface area contributed by atoms with E-state index in [1.165, 1.54) is 12.0 Å². The van der Waals surface area contributed by atoms with Gasteiger partial charge in [-0.3, -0.25) is 9.59 Å². The number of Topliss-reactive ketones (excluding diaryl/α,β-unsaturated/α-hetero) is 1. The second-order valence-electron chi connectivity index (χ2n) is 8.69. The summed E-state index contributed by atoms with van der Waals surface area (Å²) in [5, 5.41) is 11.6. The van der Waals surface area contributed by atoms with Crippen LogP contribution in [-0.4, -0.2) is 49.6 Å². The van der Waals surface area contributed by atoms with Gasteiger partial charge in [0.1, 0.15) is 11.5 Å². The number of rotatable bonds is 8. The van der Waals surface area contributed by atoms with Crippen LogP contribution in [-0.2, 0) is 16.0 Å². The van der Waals surface area contributed by atoms with E-state index in [4.69, 9.17) is 25.8 Å². The number of benzene rings is 3. The molecule has 1 amide bonds. The molecule has 1 saturated heterocycles. The van der Waals surface area contributed by atoms with Crippen LogP contribution in [0.5, 0.6) is 17.2 Å². The zero-order chi connectivity index (χ0) is 26.7. The van der Waals surface area contributed by atoms with Gasteiger partial charge in [0.15, 0.2) is 11.5 Å². The van der Waals surface area contributed by atoms with E-state index in [2.05, 4.69) is 0 Å². The molecule has 1 aliphatic heterocycles. The molecule has 1 aliphatic rings. The lowest BCUT2D eigenvalue weighted by Gasteiger charge is -2.26. The fourth-order valence-electron chi connectivity index (χ4n) is 4.54. The molecule has 37 heavy (non-hydrogen) atoms. The van der Waals surface area contributed by atoms with E-state index in [1.54, 1.807) is 38.5 Å². The van der Waals surface area contributed by atoms with Crippen molar-refractivity contribution in [2.24, 2.45) is 0 Å². The number of hydrogen-bond acceptors (Lipinski definition) is 6. The maximum absolute atomic E-state index is 13.3. The van der Waals surface area contributed by atoms with Gasteiger partial charge in [0, 0.05) is 12.1 Å². The molecule has 1 N–H and O–H groups in total. The molecule has 7 nitrogen and oxygen atoms in total. The third-order valence-corrected chi connectivity index (χ3v) is 6.75. The molecule has 1 unspecified atom stereocenters. The van der Waals surface area contributed by atoms with Crippen molar-refractivity contribution in [1.29, 1.82) is 0 Å². The van der Waals surface area contributed by atoms with Gasteiger partial charge in [-0.25, -0.2) is 0 Å². The number of hydrogen-bond donors (Lipinski definition) is 1. The van der Waals surface area contributed by atoms with Crippen LogP contribution in [0.4, 0.5) is 0 Å².